The van der Waals surface area contributed by atoms with E-state index in [1.54, 1.807) is 13.8 Å². The molecule has 8 aliphatic rings. The first-order valence-electron chi connectivity index (χ1n) is 39.4. The first-order chi connectivity index (χ1) is 57.3. The lowest BCUT2D eigenvalue weighted by molar-refractivity contribution is -0.334. The Morgan fingerprint density at radius 2 is 1.26 bits per heavy atom. The Morgan fingerprint density at radius 1 is 0.661 bits per heavy atom. The van der Waals surface area contributed by atoms with Gasteiger partial charge in [-0.1, -0.05) is 92.9 Å². The number of fused-ring (bicyclic) bond motifs is 15. The lowest BCUT2D eigenvalue weighted by Crippen LogP contribution is -2.65. The topological polar surface area (TPSA) is 561 Å². The summed E-state index contributed by atoms with van der Waals surface area (Å²) in [5.74, 6) is -16.0. The Bertz CT molecular complexity index is 4890. The van der Waals surface area contributed by atoms with Gasteiger partial charge < -0.3 is 143 Å². The Hall–Kier alpha value is -10.1. The quantitative estimate of drug-likeness (QED) is 0.0522. The van der Waals surface area contributed by atoms with Crippen LogP contribution in [0.1, 0.15) is 150 Å². The molecule has 121 heavy (non-hydrogen) atoms. The van der Waals surface area contributed by atoms with E-state index in [-0.39, 0.29) is 59.2 Å². The maximum absolute atomic E-state index is 16.5. The van der Waals surface area contributed by atoms with Crippen molar-refractivity contribution in [2.45, 2.75) is 227 Å². The number of likely N-dealkylation sites (N-methyl/N-ethyl adjacent to an activating group) is 1. The lowest BCUT2D eigenvalue weighted by atomic mass is 9.84. The molecule has 38 heteroatoms. The molecule has 0 saturated carbocycles. The van der Waals surface area contributed by atoms with Crippen molar-refractivity contribution in [1.82, 2.24) is 42.5 Å². The van der Waals surface area contributed by atoms with Gasteiger partial charge in [0.05, 0.1) is 53.5 Å². The summed E-state index contributed by atoms with van der Waals surface area (Å²) in [4.78, 5) is 121. The number of phenolic OH excluding ortho intramolecular Hbond substituents is 3. The van der Waals surface area contributed by atoms with Crippen LogP contribution in [0.5, 0.6) is 46.0 Å². The minimum atomic E-state index is -2.39. The Kier molecular flexibility index (Phi) is 27.8. The number of primary amides is 1. The highest BCUT2D eigenvalue weighted by Crippen LogP contribution is 2.51. The molecule has 0 aromatic heterocycles. The van der Waals surface area contributed by atoms with Gasteiger partial charge in [-0.15, -0.1) is 0 Å². The van der Waals surface area contributed by atoms with Gasteiger partial charge in [-0.25, -0.2) is 4.79 Å². The van der Waals surface area contributed by atoms with Gasteiger partial charge in [-0.2, -0.15) is 0 Å². The number of phenols is 3. The van der Waals surface area contributed by atoms with Gasteiger partial charge in [0.25, 0.3) is 0 Å². The highest BCUT2D eigenvalue weighted by atomic mass is 35.5. The number of aliphatic hydroxyl groups excluding tert-OH is 6. The summed E-state index contributed by atoms with van der Waals surface area (Å²) in [7, 11) is 1.48. The lowest BCUT2D eigenvalue weighted by Gasteiger charge is -2.48. The van der Waals surface area contributed by atoms with E-state index >= 15 is 24.0 Å². The summed E-state index contributed by atoms with van der Waals surface area (Å²) < 4.78 is 52.8. The summed E-state index contributed by atoms with van der Waals surface area (Å²) in [5, 5.41) is 137. The summed E-state index contributed by atoms with van der Waals surface area (Å²) in [5.41, 5.74) is 9.06. The number of amides is 7. The number of ether oxygens (including phenoxy) is 8. The van der Waals surface area contributed by atoms with E-state index in [0.717, 1.165) is 72.5 Å². The molecule has 0 unspecified atom stereocenters. The van der Waals surface area contributed by atoms with E-state index in [9.17, 15) is 65.4 Å². The fraction of sp³-hybridized carbons (Fsp3) is 0.470. The van der Waals surface area contributed by atoms with Gasteiger partial charge in [0.15, 0.2) is 36.2 Å². The average molecular weight is 1720 g/mol. The predicted molar refractivity (Wildman–Crippen MR) is 429 cm³/mol. The Morgan fingerprint density at radius 3 is 1.88 bits per heavy atom. The molecule has 6 aromatic carbocycles. The number of hydrogen-bond donors (Lipinski definition) is 20. The maximum atomic E-state index is 16.5. The number of hydrogen-bond acceptors (Lipinski definition) is 28. The van der Waals surface area contributed by atoms with E-state index in [0.29, 0.717) is 0 Å². The van der Waals surface area contributed by atoms with Crippen LogP contribution in [0.25, 0.3) is 11.1 Å². The van der Waals surface area contributed by atoms with Gasteiger partial charge >= 0.3 is 5.97 Å². The molecule has 0 aliphatic carbocycles. The molecule has 14 rings (SSSR count). The van der Waals surface area contributed by atoms with Crippen molar-refractivity contribution in [3.8, 4) is 57.1 Å². The zero-order valence-corrected chi connectivity index (χ0v) is 68.5. The van der Waals surface area contributed by atoms with Crippen LogP contribution < -0.4 is 68.2 Å². The fourth-order valence-electron chi connectivity index (χ4n) is 15.8. The van der Waals surface area contributed by atoms with E-state index in [1.165, 1.54) is 51.2 Å². The minimum absolute atomic E-state index is 0.114. The molecule has 0 spiro atoms. The van der Waals surface area contributed by atoms with Crippen LogP contribution in [0.2, 0.25) is 10.0 Å². The first-order valence-corrected chi connectivity index (χ1v) is 40.1. The molecule has 8 aliphatic heterocycles. The van der Waals surface area contributed by atoms with Crippen LogP contribution >= 0.6 is 23.2 Å². The number of nitrogens with two attached hydrogens (primary N) is 2. The van der Waals surface area contributed by atoms with Crippen molar-refractivity contribution in [3.63, 3.8) is 0 Å². The SMILES string of the molecule is CCCc1ccc(CN[C@@]2(C)C[C@H](O[C@H]3[C@H](Oc4c5cc6cc4Oc4ccc(cc4Cl)[C@@H](O[C@H]4C[C@](C)(N)[C@@H](O)[C@H](C)O4)[C@@H]4NC(=O)[C@H](NC(=O)[C@@H]6NC(=O)[C@H](CC(N)=O)NC(=O)[C@H](NC(=O)[C@@H](CC(C)C)NC)[C@H](O)c6ccc(c(Cl)c6)O5)c5ccc(O)c(c5)-c5c(O)cc(O)cc5[C@@H](C(=O)O)NC4=O)O[C@H](CO)[C@@H](O)[C@@H]3O)O[C@@H](C)[C@@H]2O)cc1. The van der Waals surface area contributed by atoms with Crippen LogP contribution in [0.4, 0.5) is 0 Å². The molecule has 36 nitrogen and oxygen atoms in total. The standard InChI is InChI=1S/C83H100Cl2N10O26/c1-9-10-37-11-13-38(14-12-37)32-89-83(7)31-59(115-36(5)73(83)105)120-71-68(103)67(102)56(33-96)118-81(71)121-70-54-25-42-26-55(70)117-53-20-17-41(24-47(53)85)69(119-58-30-82(6,87)72(104)35(4)114-58)65-79(111)93-63(80(112)113)45-27-43(97)28-51(99)60(45)44-22-39(15-18-50(44)98)61(76(108)95-65)92-77(109)62(42)91-75(107)49(29-57(86)100)90-78(110)64(94-74(106)48(88-8)21-34(2)3)66(101)40-16-19-52(116-54)46(84)23-40/h11-20,22-28,34-36,48-49,56,58-59,61-69,71-73,81,88-89,96-99,101-105H,9-10,21,29-33,87H2,1-8H3,(H2,86,100)(H,90,110)(H,91,107)(H,92,109)(H,93,111)(H,94,106)(H,95,108)(H,112,113)/t35-,36-,48+,49-,56+,58-,59-,61+,62+,63-,64+,65-,66+,67+,68-,69+,71+,72-,73-,81-,82-,83-/m0/s1. The second kappa shape index (κ2) is 37.3. The molecule has 11 bridgehead atoms. The van der Waals surface area contributed by atoms with Gasteiger partial charge in [0.1, 0.15) is 89.5 Å². The molecule has 8 heterocycles. The predicted octanol–water partition coefficient (Wildman–Crippen LogP) is 3.13. The average Bonchev–Trinajstić information content (AvgIpc) is 0.760. The van der Waals surface area contributed by atoms with Gasteiger partial charge in [0, 0.05) is 53.2 Å². The molecule has 22 atom stereocenters. The normalized spacial score (nSPS) is 30.4. The zero-order chi connectivity index (χ0) is 87.7. The monoisotopic (exact) mass is 1720 g/mol. The van der Waals surface area contributed by atoms with E-state index in [4.69, 9.17) is 72.6 Å². The van der Waals surface area contributed by atoms with E-state index < -0.39 is 261 Å². The van der Waals surface area contributed by atoms with Crippen LogP contribution in [0.3, 0.4) is 0 Å². The third-order valence-electron chi connectivity index (χ3n) is 22.4. The van der Waals surface area contributed by atoms with Gasteiger partial charge in [0.2, 0.25) is 53.4 Å². The second-order valence-corrected chi connectivity index (χ2v) is 32.9. The fourth-order valence-corrected chi connectivity index (χ4v) is 16.3. The Labute approximate surface area is 704 Å². The number of carbonyl (C=O) groups excluding carboxylic acids is 7. The number of carboxylic acid groups (broad SMARTS) is 1. The van der Waals surface area contributed by atoms with E-state index in [1.807, 2.05) is 38.1 Å². The number of halogens is 2. The highest BCUT2D eigenvalue weighted by Gasteiger charge is 2.53. The second-order valence-electron chi connectivity index (χ2n) is 32.1. The zero-order valence-electron chi connectivity index (χ0n) is 67.0. The van der Waals surface area contributed by atoms with Crippen molar-refractivity contribution in [3.05, 3.63) is 152 Å². The molecular formula is C83H100Cl2N10O26. The smallest absolute Gasteiger partial charge is 0.330 e. The van der Waals surface area contributed by atoms with Crippen molar-refractivity contribution in [2.24, 2.45) is 17.4 Å². The maximum Gasteiger partial charge on any atom is 0.330 e. The Balaban J connectivity index is 1.09. The molecule has 22 N–H and O–H groups in total. The molecular weight excluding hydrogens is 1620 g/mol. The third kappa shape index (κ3) is 19.8. The number of carbonyl (C=O) groups is 8. The number of aryl methyl sites for hydroxylation is 1. The molecule has 0 radical (unpaired) electrons. The van der Waals surface area contributed by atoms with Crippen molar-refractivity contribution >= 4 is 70.5 Å². The van der Waals surface area contributed by atoms with Crippen LogP contribution in [0, 0.1) is 5.92 Å². The number of aromatic hydroxyl groups is 3. The molecule has 652 valence electrons. The number of aliphatic carboxylic acids is 1. The van der Waals surface area contributed by atoms with Crippen molar-refractivity contribution in [2.75, 3.05) is 13.7 Å². The number of benzene rings is 6. The van der Waals surface area contributed by atoms with Crippen molar-refractivity contribution in [1.29, 1.82) is 0 Å². The third-order valence-corrected chi connectivity index (χ3v) is 22.9. The summed E-state index contributed by atoms with van der Waals surface area (Å²) in [6, 6.07) is 7.60. The first kappa shape index (κ1) is 90.1. The van der Waals surface area contributed by atoms with E-state index in [2.05, 4.69) is 49.5 Å². The number of aliphatic hydroxyl groups is 6. The van der Waals surface area contributed by atoms with Crippen LogP contribution in [-0.2, 0) is 75.0 Å². The van der Waals surface area contributed by atoms with Crippen LogP contribution in [0.15, 0.2) is 103 Å². The van der Waals surface area contributed by atoms with Crippen molar-refractivity contribution < 1.29 is 127 Å². The number of nitrogens with one attached hydrogen (secondary N) is 8. The molecule has 7 amide bonds. The van der Waals surface area contributed by atoms with Gasteiger partial charge in [-0.05, 0) is 141 Å². The molecule has 6 aromatic rings. The number of rotatable bonds is 20. The summed E-state index contributed by atoms with van der Waals surface area (Å²) >= 11 is 14.6. The largest absolute Gasteiger partial charge is 0.508 e. The summed E-state index contributed by atoms with van der Waals surface area (Å²) in [6.45, 7) is 11.2. The molecule has 3 fully saturated rings. The minimum Gasteiger partial charge on any atom is -0.508 e. The van der Waals surface area contributed by atoms with Crippen LogP contribution in [-0.4, -0.2) is 215 Å². The highest BCUT2D eigenvalue weighted by molar-refractivity contribution is 6.32. The number of carboxylic acids is 1. The van der Waals surface area contributed by atoms with Gasteiger partial charge in [-0.3, -0.25) is 33.6 Å². The molecule has 3 saturated heterocycles. The summed E-state index contributed by atoms with van der Waals surface area (Å²) in [6.07, 6.45) is -20.9.